The van der Waals surface area contributed by atoms with E-state index in [1.54, 1.807) is 0 Å². The minimum Gasteiger partial charge on any atom is -0.350 e. The molecule has 1 aliphatic rings. The maximum atomic E-state index is 12.1. The van der Waals surface area contributed by atoms with Crippen LogP contribution >= 0.6 is 24.8 Å². The predicted octanol–water partition coefficient (Wildman–Crippen LogP) is 2.10. The molecule has 1 atom stereocenters. The van der Waals surface area contributed by atoms with Gasteiger partial charge in [0.25, 0.3) is 0 Å². The van der Waals surface area contributed by atoms with Gasteiger partial charge >= 0.3 is 0 Å². The summed E-state index contributed by atoms with van der Waals surface area (Å²) in [5, 5.41) is 6.26. The maximum Gasteiger partial charge on any atom is 0.224 e. The van der Waals surface area contributed by atoms with Gasteiger partial charge in [-0.15, -0.1) is 24.8 Å². The van der Waals surface area contributed by atoms with E-state index in [4.69, 9.17) is 0 Å². The largest absolute Gasteiger partial charge is 0.350 e. The molecule has 3 heterocycles. The molecule has 0 saturated carbocycles. The van der Waals surface area contributed by atoms with Crippen LogP contribution in [0.3, 0.4) is 0 Å². The summed E-state index contributed by atoms with van der Waals surface area (Å²) in [5.74, 6) is 0.230. The fraction of sp³-hybridized carbons (Fsp3) is 0.467. The first-order chi connectivity index (χ1) is 9.74. The first-order valence-electron chi connectivity index (χ1n) is 7.15. The van der Waals surface area contributed by atoms with Crippen molar-refractivity contribution in [2.75, 3.05) is 13.1 Å². The van der Waals surface area contributed by atoms with Gasteiger partial charge in [0.05, 0.1) is 18.2 Å². The Kier molecular flexibility index (Phi) is 7.13. The second-order valence-electron chi connectivity index (χ2n) is 5.42. The number of rotatable bonds is 3. The number of pyridine rings is 1. The van der Waals surface area contributed by atoms with Crippen LogP contribution in [0.4, 0.5) is 0 Å². The number of carbonyl (C=O) groups excluding carboxylic acids is 1. The Bertz CT molecular complexity index is 623. The van der Waals surface area contributed by atoms with Gasteiger partial charge in [0.1, 0.15) is 5.65 Å². The molecular formula is C15H22Cl2N4O. The van der Waals surface area contributed by atoms with Crippen LogP contribution in [-0.4, -0.2) is 28.4 Å². The molecule has 0 aromatic carbocycles. The molecule has 0 spiro atoms. The topological polar surface area (TPSA) is 58.4 Å². The van der Waals surface area contributed by atoms with Crippen LogP contribution in [0.1, 0.15) is 24.1 Å². The van der Waals surface area contributed by atoms with Gasteiger partial charge in [0.15, 0.2) is 0 Å². The van der Waals surface area contributed by atoms with Crippen molar-refractivity contribution in [3.05, 3.63) is 35.8 Å². The van der Waals surface area contributed by atoms with Gasteiger partial charge in [-0.2, -0.15) is 0 Å². The van der Waals surface area contributed by atoms with Crippen molar-refractivity contribution in [2.24, 2.45) is 5.92 Å². The number of nitrogens with one attached hydrogen (secondary N) is 2. The van der Waals surface area contributed by atoms with Gasteiger partial charge in [-0.1, -0.05) is 6.07 Å². The van der Waals surface area contributed by atoms with Crippen molar-refractivity contribution < 1.29 is 4.79 Å². The maximum absolute atomic E-state index is 12.1. The summed E-state index contributed by atoms with van der Waals surface area (Å²) >= 11 is 0. The van der Waals surface area contributed by atoms with E-state index < -0.39 is 0 Å². The van der Waals surface area contributed by atoms with Crippen molar-refractivity contribution in [2.45, 2.75) is 26.3 Å². The zero-order chi connectivity index (χ0) is 13.9. The molecule has 1 unspecified atom stereocenters. The highest BCUT2D eigenvalue weighted by molar-refractivity contribution is 5.85. The van der Waals surface area contributed by atoms with Gasteiger partial charge in [0, 0.05) is 18.9 Å². The SMILES string of the molecule is Cc1cccn2cc(CNC(=O)C3CCCNC3)nc12.Cl.Cl. The summed E-state index contributed by atoms with van der Waals surface area (Å²) in [6.45, 7) is 4.35. The number of piperidine rings is 1. The van der Waals surface area contributed by atoms with Gasteiger partial charge in [-0.25, -0.2) is 4.98 Å². The Morgan fingerprint density at radius 3 is 3.00 bits per heavy atom. The van der Waals surface area contributed by atoms with Crippen molar-refractivity contribution in [1.29, 1.82) is 0 Å². The third-order valence-electron chi connectivity index (χ3n) is 3.84. The second kappa shape index (κ2) is 8.36. The van der Waals surface area contributed by atoms with Gasteiger partial charge < -0.3 is 15.0 Å². The zero-order valence-electron chi connectivity index (χ0n) is 12.5. The van der Waals surface area contributed by atoms with E-state index >= 15 is 0 Å². The highest BCUT2D eigenvalue weighted by Gasteiger charge is 2.20. The molecule has 7 heteroatoms. The summed E-state index contributed by atoms with van der Waals surface area (Å²) in [7, 11) is 0. The third-order valence-corrected chi connectivity index (χ3v) is 3.84. The predicted molar refractivity (Wildman–Crippen MR) is 91.9 cm³/mol. The van der Waals surface area contributed by atoms with E-state index in [9.17, 15) is 4.79 Å². The average molecular weight is 345 g/mol. The van der Waals surface area contributed by atoms with E-state index in [1.807, 2.05) is 35.9 Å². The number of imidazole rings is 1. The Morgan fingerprint density at radius 1 is 1.50 bits per heavy atom. The number of aromatic nitrogens is 2. The molecule has 22 heavy (non-hydrogen) atoms. The molecule has 2 N–H and O–H groups in total. The average Bonchev–Trinajstić information content (AvgIpc) is 2.90. The molecule has 0 aliphatic carbocycles. The van der Waals surface area contributed by atoms with E-state index in [0.29, 0.717) is 6.54 Å². The molecule has 1 aliphatic heterocycles. The lowest BCUT2D eigenvalue weighted by molar-refractivity contribution is -0.125. The van der Waals surface area contributed by atoms with Crippen molar-refractivity contribution >= 4 is 36.4 Å². The van der Waals surface area contributed by atoms with Crippen LogP contribution in [0.5, 0.6) is 0 Å². The van der Waals surface area contributed by atoms with Gasteiger partial charge in [-0.05, 0) is 37.9 Å². The first kappa shape index (κ1) is 18.7. The molecule has 122 valence electrons. The lowest BCUT2D eigenvalue weighted by Crippen LogP contribution is -2.40. The fourth-order valence-corrected chi connectivity index (χ4v) is 2.69. The normalized spacial score (nSPS) is 17.4. The summed E-state index contributed by atoms with van der Waals surface area (Å²) in [6, 6.07) is 4.04. The van der Waals surface area contributed by atoms with Crippen molar-refractivity contribution in [1.82, 2.24) is 20.0 Å². The van der Waals surface area contributed by atoms with E-state index in [0.717, 1.165) is 42.8 Å². The minimum absolute atomic E-state index is 0. The van der Waals surface area contributed by atoms with Crippen LogP contribution in [0.2, 0.25) is 0 Å². The van der Waals surface area contributed by atoms with E-state index in [2.05, 4.69) is 15.6 Å². The summed E-state index contributed by atoms with van der Waals surface area (Å²) < 4.78 is 2.00. The highest BCUT2D eigenvalue weighted by Crippen LogP contribution is 2.12. The summed E-state index contributed by atoms with van der Waals surface area (Å²) in [5.41, 5.74) is 2.99. The number of halogens is 2. The zero-order valence-corrected chi connectivity index (χ0v) is 14.2. The molecule has 1 amide bonds. The molecule has 2 aromatic rings. The Balaban J connectivity index is 0.00000121. The fourth-order valence-electron chi connectivity index (χ4n) is 2.69. The van der Waals surface area contributed by atoms with Crippen molar-refractivity contribution in [3.8, 4) is 0 Å². The number of hydrogen-bond donors (Lipinski definition) is 2. The lowest BCUT2D eigenvalue weighted by Gasteiger charge is -2.21. The molecule has 2 aromatic heterocycles. The van der Waals surface area contributed by atoms with Crippen LogP contribution in [-0.2, 0) is 11.3 Å². The van der Waals surface area contributed by atoms with Gasteiger partial charge in [-0.3, -0.25) is 4.79 Å². The van der Waals surface area contributed by atoms with Gasteiger partial charge in [0.2, 0.25) is 5.91 Å². The number of nitrogens with zero attached hydrogens (tertiary/aromatic N) is 2. The standard InChI is InChI=1S/C15H20N4O.2ClH/c1-11-4-3-7-19-10-13(18-14(11)19)9-17-15(20)12-5-2-6-16-8-12;;/h3-4,7,10,12,16H,2,5-6,8-9H2,1H3,(H,17,20);2*1H. The molecular weight excluding hydrogens is 323 g/mol. The number of aryl methyl sites for hydroxylation is 1. The quantitative estimate of drug-likeness (QED) is 0.896. The molecule has 1 saturated heterocycles. The molecule has 3 rings (SSSR count). The molecule has 5 nitrogen and oxygen atoms in total. The van der Waals surface area contributed by atoms with Crippen LogP contribution in [0.15, 0.2) is 24.5 Å². The smallest absolute Gasteiger partial charge is 0.224 e. The van der Waals surface area contributed by atoms with Crippen LogP contribution in [0.25, 0.3) is 5.65 Å². The number of fused-ring (bicyclic) bond motifs is 1. The highest BCUT2D eigenvalue weighted by atomic mass is 35.5. The Hall–Kier alpha value is -1.30. The third kappa shape index (κ3) is 4.12. The van der Waals surface area contributed by atoms with E-state index in [1.165, 1.54) is 0 Å². The first-order valence-corrected chi connectivity index (χ1v) is 7.15. The molecule has 0 radical (unpaired) electrons. The lowest BCUT2D eigenvalue weighted by atomic mass is 9.99. The van der Waals surface area contributed by atoms with Crippen LogP contribution < -0.4 is 10.6 Å². The summed E-state index contributed by atoms with van der Waals surface area (Å²) in [4.78, 5) is 16.6. The monoisotopic (exact) mass is 344 g/mol. The Labute approximate surface area is 142 Å². The minimum atomic E-state index is 0. The molecule has 1 fully saturated rings. The van der Waals surface area contributed by atoms with Crippen molar-refractivity contribution in [3.63, 3.8) is 0 Å². The Morgan fingerprint density at radius 2 is 2.32 bits per heavy atom. The number of hydrogen-bond acceptors (Lipinski definition) is 3. The number of amides is 1. The van der Waals surface area contributed by atoms with Crippen LogP contribution in [0, 0.1) is 12.8 Å². The molecule has 0 bridgehead atoms. The van der Waals surface area contributed by atoms with E-state index in [-0.39, 0.29) is 36.6 Å². The number of carbonyl (C=O) groups is 1. The second-order valence-corrected chi connectivity index (χ2v) is 5.42. The summed E-state index contributed by atoms with van der Waals surface area (Å²) in [6.07, 6.45) is 6.00.